The molecule has 3 heterocycles. The Bertz CT molecular complexity index is 1320. The summed E-state index contributed by atoms with van der Waals surface area (Å²) in [4.78, 5) is 44.4. The molecule has 3 aromatic rings. The Morgan fingerprint density at radius 1 is 0.788 bits per heavy atom. The van der Waals surface area contributed by atoms with Crippen molar-refractivity contribution in [2.45, 2.75) is 12.1 Å². The number of Topliss-reactive ketones (excluding diaryl/α,β-unsaturated/α-hetero) is 1. The third kappa shape index (κ3) is 2.89. The van der Waals surface area contributed by atoms with Crippen LogP contribution in [0.5, 0.6) is 0 Å². The molecule has 0 aromatic heterocycles. The molecule has 6 rings (SSSR count). The van der Waals surface area contributed by atoms with Crippen molar-refractivity contribution in [2.75, 3.05) is 4.90 Å². The van der Waals surface area contributed by atoms with Crippen LogP contribution < -0.4 is 4.90 Å². The third-order valence-corrected chi connectivity index (χ3v) is 7.13. The minimum Gasteiger partial charge on any atom is -0.358 e. The number of anilines is 1. The van der Waals surface area contributed by atoms with Crippen molar-refractivity contribution in [3.63, 3.8) is 0 Å². The Morgan fingerprint density at radius 2 is 1.45 bits per heavy atom. The van der Waals surface area contributed by atoms with Crippen LogP contribution in [0.15, 0.2) is 85.1 Å². The molecule has 162 valence electrons. The van der Waals surface area contributed by atoms with Crippen molar-refractivity contribution in [2.24, 2.45) is 11.8 Å². The van der Waals surface area contributed by atoms with Crippen molar-refractivity contribution in [3.05, 3.63) is 107 Å². The number of hydrogen-bond donors (Lipinski definition) is 0. The van der Waals surface area contributed by atoms with Crippen LogP contribution in [0.4, 0.5) is 5.69 Å². The van der Waals surface area contributed by atoms with E-state index in [0.717, 1.165) is 11.1 Å². The Morgan fingerprint density at radius 3 is 2.21 bits per heavy atom. The van der Waals surface area contributed by atoms with Gasteiger partial charge in [-0.2, -0.15) is 0 Å². The van der Waals surface area contributed by atoms with Gasteiger partial charge in [0.1, 0.15) is 6.04 Å². The number of benzene rings is 3. The number of rotatable bonds is 3. The highest BCUT2D eigenvalue weighted by atomic mass is 35.5. The minimum absolute atomic E-state index is 0.156. The highest BCUT2D eigenvalue weighted by Gasteiger charge is 2.64. The number of imide groups is 1. The number of amides is 2. The number of halogens is 1. The molecule has 3 aromatic carbocycles. The van der Waals surface area contributed by atoms with Gasteiger partial charge in [-0.25, -0.2) is 4.90 Å². The van der Waals surface area contributed by atoms with Gasteiger partial charge in [0.25, 0.3) is 0 Å². The van der Waals surface area contributed by atoms with Gasteiger partial charge in [0.2, 0.25) is 11.8 Å². The first-order chi connectivity index (χ1) is 16.1. The third-order valence-electron chi connectivity index (χ3n) is 6.87. The van der Waals surface area contributed by atoms with Crippen LogP contribution in [0.2, 0.25) is 5.02 Å². The van der Waals surface area contributed by atoms with E-state index in [1.54, 1.807) is 48.5 Å². The molecular weight excluding hydrogens is 436 g/mol. The van der Waals surface area contributed by atoms with E-state index < -0.39 is 17.9 Å². The van der Waals surface area contributed by atoms with Crippen LogP contribution in [-0.4, -0.2) is 28.5 Å². The van der Waals surface area contributed by atoms with Gasteiger partial charge in [0.05, 0.1) is 23.6 Å². The predicted octanol–water partition coefficient (Wildman–Crippen LogP) is 4.74. The van der Waals surface area contributed by atoms with E-state index in [4.69, 9.17) is 11.6 Å². The fraction of sp³-hybridized carbons (Fsp3) is 0.148. The summed E-state index contributed by atoms with van der Waals surface area (Å²) in [5, 5.41) is 0.521. The summed E-state index contributed by atoms with van der Waals surface area (Å²) in [7, 11) is 0. The second-order valence-corrected chi connectivity index (χ2v) is 8.99. The topological polar surface area (TPSA) is 57.7 Å². The van der Waals surface area contributed by atoms with Crippen molar-refractivity contribution >= 4 is 41.0 Å². The van der Waals surface area contributed by atoms with Crippen molar-refractivity contribution < 1.29 is 14.4 Å². The lowest BCUT2D eigenvalue weighted by molar-refractivity contribution is -0.123. The molecule has 0 bridgehead atoms. The van der Waals surface area contributed by atoms with Gasteiger partial charge >= 0.3 is 0 Å². The average molecular weight is 455 g/mol. The van der Waals surface area contributed by atoms with E-state index in [1.807, 2.05) is 47.5 Å². The summed E-state index contributed by atoms with van der Waals surface area (Å²) < 4.78 is 0. The molecule has 2 amide bonds. The van der Waals surface area contributed by atoms with Gasteiger partial charge < -0.3 is 4.90 Å². The maximum Gasteiger partial charge on any atom is 0.240 e. The molecule has 0 radical (unpaired) electrons. The maximum atomic E-state index is 13.8. The smallest absolute Gasteiger partial charge is 0.240 e. The van der Waals surface area contributed by atoms with Crippen LogP contribution in [0, 0.1) is 11.8 Å². The summed E-state index contributed by atoms with van der Waals surface area (Å²) in [5.41, 5.74) is 2.95. The minimum atomic E-state index is -0.776. The second kappa shape index (κ2) is 7.42. The summed E-state index contributed by atoms with van der Waals surface area (Å²) in [5.74, 6) is -2.22. The number of fused-ring (bicyclic) bond motifs is 5. The first-order valence-corrected chi connectivity index (χ1v) is 11.2. The van der Waals surface area contributed by atoms with Crippen LogP contribution in [-0.2, 0) is 9.59 Å². The van der Waals surface area contributed by atoms with Gasteiger partial charge in [0, 0.05) is 16.8 Å². The van der Waals surface area contributed by atoms with Crippen LogP contribution in [0.25, 0.3) is 6.08 Å². The zero-order chi connectivity index (χ0) is 22.7. The summed E-state index contributed by atoms with van der Waals surface area (Å²) >= 11 is 6.02. The quantitative estimate of drug-likeness (QED) is 0.424. The molecule has 0 aliphatic carbocycles. The van der Waals surface area contributed by atoms with E-state index in [1.165, 1.54) is 4.90 Å². The Labute approximate surface area is 195 Å². The molecule has 5 nitrogen and oxygen atoms in total. The monoisotopic (exact) mass is 454 g/mol. The molecule has 3 aliphatic rings. The Hall–Kier alpha value is -3.70. The highest BCUT2D eigenvalue weighted by molar-refractivity contribution is 6.31. The number of carbonyl (C=O) groups is 3. The molecule has 6 heteroatoms. The van der Waals surface area contributed by atoms with E-state index in [-0.39, 0.29) is 23.6 Å². The number of nitrogens with zero attached hydrogens (tertiary/aromatic N) is 2. The van der Waals surface area contributed by atoms with Gasteiger partial charge in [-0.15, -0.1) is 0 Å². The number of ketones is 1. The summed E-state index contributed by atoms with van der Waals surface area (Å²) in [6, 6.07) is 22.3. The molecule has 0 spiro atoms. The number of hydrogen-bond acceptors (Lipinski definition) is 4. The van der Waals surface area contributed by atoms with Crippen LogP contribution in [0.3, 0.4) is 0 Å². The Balaban J connectivity index is 1.50. The first-order valence-electron chi connectivity index (χ1n) is 10.8. The fourth-order valence-electron chi connectivity index (χ4n) is 5.47. The van der Waals surface area contributed by atoms with E-state index >= 15 is 0 Å². The molecule has 4 atom stereocenters. The lowest BCUT2D eigenvalue weighted by atomic mass is 9.83. The molecule has 33 heavy (non-hydrogen) atoms. The van der Waals surface area contributed by atoms with Crippen molar-refractivity contribution in [1.29, 1.82) is 0 Å². The van der Waals surface area contributed by atoms with Crippen molar-refractivity contribution in [3.8, 4) is 0 Å². The zero-order valence-electron chi connectivity index (χ0n) is 17.5. The van der Waals surface area contributed by atoms with Gasteiger partial charge in [-0.05, 0) is 41.5 Å². The second-order valence-electron chi connectivity index (χ2n) is 8.55. The van der Waals surface area contributed by atoms with Gasteiger partial charge in [-0.3, -0.25) is 14.4 Å². The molecule has 3 aliphatic heterocycles. The summed E-state index contributed by atoms with van der Waals surface area (Å²) in [6.07, 6.45) is 3.81. The largest absolute Gasteiger partial charge is 0.358 e. The van der Waals surface area contributed by atoms with Crippen molar-refractivity contribution in [1.82, 2.24) is 4.90 Å². The lowest BCUT2D eigenvalue weighted by Crippen LogP contribution is -2.44. The SMILES string of the molecule is O=C(c1ccccc1)[C@H]1[C@H]2C(=O)N(c3ccc(Cl)cc3)C(=O)[C@H]2[C@@H]2c3ccccc3C=CN12. The number of carbonyl (C=O) groups excluding carboxylic acids is 3. The van der Waals surface area contributed by atoms with Gasteiger partial charge in [0.15, 0.2) is 5.78 Å². The predicted molar refractivity (Wildman–Crippen MR) is 126 cm³/mol. The lowest BCUT2D eigenvalue weighted by Gasteiger charge is -2.35. The standard InChI is InChI=1S/C27H19ClN2O3/c28-18-10-12-19(13-11-18)30-26(32)21-22(27(30)33)24(25(31)17-7-2-1-3-8-17)29-15-14-16-6-4-5-9-20(16)23(21)29/h1-15,21-24H/t21-,22+,23+,24-/m1/s1. The highest BCUT2D eigenvalue weighted by Crippen LogP contribution is 2.53. The average Bonchev–Trinajstić information content (AvgIpc) is 3.32. The maximum absolute atomic E-state index is 13.8. The van der Waals surface area contributed by atoms with E-state index in [0.29, 0.717) is 16.3 Å². The van der Waals surface area contributed by atoms with Crippen LogP contribution >= 0.6 is 11.6 Å². The normalized spacial score (nSPS) is 25.1. The van der Waals surface area contributed by atoms with E-state index in [9.17, 15) is 14.4 Å². The van der Waals surface area contributed by atoms with E-state index in [2.05, 4.69) is 0 Å². The Kier molecular flexibility index (Phi) is 4.49. The fourth-order valence-corrected chi connectivity index (χ4v) is 5.60. The molecule has 0 unspecified atom stereocenters. The molecule has 2 saturated heterocycles. The molecule has 2 fully saturated rings. The zero-order valence-corrected chi connectivity index (χ0v) is 18.2. The molecule has 0 N–H and O–H groups in total. The summed E-state index contributed by atoms with van der Waals surface area (Å²) in [6.45, 7) is 0. The molecule has 0 saturated carbocycles. The molecular formula is C27H19ClN2O3. The van der Waals surface area contributed by atoms with Crippen LogP contribution in [0.1, 0.15) is 27.5 Å². The van der Waals surface area contributed by atoms with Gasteiger partial charge in [-0.1, -0.05) is 66.2 Å². The first kappa shape index (κ1) is 19.9.